The average Bonchev–Trinajstić information content (AvgIpc) is 2.88. The monoisotopic (exact) mass is 231 g/mol. The largest absolute Gasteiger partial charge is 0.378 e. The Morgan fingerprint density at radius 1 is 1.27 bits per heavy atom. The Morgan fingerprint density at radius 3 is 2.93 bits per heavy atom. The third-order valence-electron chi connectivity index (χ3n) is 3.67. The van der Waals surface area contributed by atoms with E-state index >= 15 is 0 Å². The minimum Gasteiger partial charge on any atom is -0.378 e. The quantitative estimate of drug-likeness (QED) is 0.675. The Balaban J connectivity index is 1.60. The first-order chi connectivity index (χ1) is 7.40. The van der Waals surface area contributed by atoms with Crippen molar-refractivity contribution >= 4 is 11.6 Å². The number of hydrogen-bond acceptors (Lipinski definition) is 2. The summed E-state index contributed by atoms with van der Waals surface area (Å²) in [6.45, 7) is 3.46. The van der Waals surface area contributed by atoms with Crippen LogP contribution in [0.15, 0.2) is 0 Å². The van der Waals surface area contributed by atoms with E-state index in [1.807, 2.05) is 0 Å². The Labute approximate surface area is 97.9 Å². The van der Waals surface area contributed by atoms with Gasteiger partial charge < -0.3 is 4.74 Å². The zero-order valence-corrected chi connectivity index (χ0v) is 10.2. The van der Waals surface area contributed by atoms with Crippen LogP contribution >= 0.6 is 11.6 Å². The van der Waals surface area contributed by atoms with E-state index in [4.69, 9.17) is 16.3 Å². The number of hydrogen-bond donors (Lipinski definition) is 0. The van der Waals surface area contributed by atoms with Gasteiger partial charge in [0.1, 0.15) is 0 Å². The van der Waals surface area contributed by atoms with E-state index < -0.39 is 0 Å². The first kappa shape index (κ1) is 11.7. The summed E-state index contributed by atoms with van der Waals surface area (Å²) in [5.41, 5.74) is 0. The Morgan fingerprint density at radius 2 is 2.20 bits per heavy atom. The van der Waals surface area contributed by atoms with Crippen LogP contribution in [0.25, 0.3) is 0 Å². The molecule has 0 aromatic heterocycles. The van der Waals surface area contributed by atoms with E-state index in [0.29, 0.717) is 12.1 Å². The van der Waals surface area contributed by atoms with Crippen molar-refractivity contribution in [1.82, 2.24) is 4.90 Å². The number of halogens is 1. The van der Waals surface area contributed by atoms with Crippen molar-refractivity contribution in [3.63, 3.8) is 0 Å². The van der Waals surface area contributed by atoms with Crippen LogP contribution in [-0.4, -0.2) is 42.6 Å². The summed E-state index contributed by atoms with van der Waals surface area (Å²) in [5.74, 6) is 0.805. The average molecular weight is 232 g/mol. The summed E-state index contributed by atoms with van der Waals surface area (Å²) >= 11 is 5.94. The van der Waals surface area contributed by atoms with Crippen LogP contribution in [0.5, 0.6) is 0 Å². The van der Waals surface area contributed by atoms with Crippen molar-refractivity contribution in [1.29, 1.82) is 0 Å². The molecule has 2 rings (SSSR count). The lowest BCUT2D eigenvalue weighted by atomic mass is 10.1. The second-order valence-electron chi connectivity index (χ2n) is 4.76. The zero-order valence-electron chi connectivity index (χ0n) is 9.46. The summed E-state index contributed by atoms with van der Waals surface area (Å²) < 4.78 is 5.63. The van der Waals surface area contributed by atoms with Gasteiger partial charge in [0, 0.05) is 18.5 Å². The molecule has 2 fully saturated rings. The Bertz CT molecular complexity index is 182. The molecule has 2 aliphatic heterocycles. The predicted molar refractivity (Wildman–Crippen MR) is 63.5 cm³/mol. The molecule has 2 unspecified atom stereocenters. The summed E-state index contributed by atoms with van der Waals surface area (Å²) in [7, 11) is 0. The van der Waals surface area contributed by atoms with Crippen LogP contribution in [0.4, 0.5) is 0 Å². The molecule has 2 nitrogen and oxygen atoms in total. The lowest BCUT2D eigenvalue weighted by Gasteiger charge is -2.22. The summed E-state index contributed by atoms with van der Waals surface area (Å²) in [6, 6.07) is 0.649. The Kier molecular flexibility index (Phi) is 4.73. The van der Waals surface area contributed by atoms with Crippen LogP contribution in [0.3, 0.4) is 0 Å². The van der Waals surface area contributed by atoms with Crippen LogP contribution in [0.1, 0.15) is 38.5 Å². The molecule has 0 amide bonds. The highest BCUT2D eigenvalue weighted by molar-refractivity contribution is 6.18. The van der Waals surface area contributed by atoms with Gasteiger partial charge in [0.25, 0.3) is 0 Å². The van der Waals surface area contributed by atoms with Crippen molar-refractivity contribution in [2.45, 2.75) is 50.7 Å². The molecule has 2 saturated heterocycles. The molecule has 2 heterocycles. The molecular weight excluding hydrogens is 210 g/mol. The highest BCUT2D eigenvalue weighted by Crippen LogP contribution is 2.21. The summed E-state index contributed by atoms with van der Waals surface area (Å²) in [5, 5.41) is 0. The normalized spacial score (nSPS) is 32.6. The zero-order chi connectivity index (χ0) is 10.5. The predicted octanol–water partition coefficient (Wildman–Crippen LogP) is 2.65. The van der Waals surface area contributed by atoms with Gasteiger partial charge >= 0.3 is 0 Å². The molecule has 0 saturated carbocycles. The lowest BCUT2D eigenvalue weighted by molar-refractivity contribution is 0.0984. The smallest absolute Gasteiger partial charge is 0.0576 e. The standard InChI is InChI=1S/C12H22ClNO/c13-10-11-4-1-7-14(11)8-2-5-12-6-3-9-15-12/h11-12H,1-10H2. The van der Waals surface area contributed by atoms with Gasteiger partial charge in [-0.3, -0.25) is 4.90 Å². The molecule has 0 radical (unpaired) electrons. The SMILES string of the molecule is ClCC1CCCN1CCCC1CCCO1. The fourth-order valence-electron chi connectivity index (χ4n) is 2.76. The maximum Gasteiger partial charge on any atom is 0.0576 e. The van der Waals surface area contributed by atoms with E-state index in [0.717, 1.165) is 12.5 Å². The van der Waals surface area contributed by atoms with Crippen LogP contribution in [0, 0.1) is 0 Å². The van der Waals surface area contributed by atoms with Crippen molar-refractivity contribution in [3.8, 4) is 0 Å². The van der Waals surface area contributed by atoms with Crippen molar-refractivity contribution < 1.29 is 4.74 Å². The number of likely N-dealkylation sites (tertiary alicyclic amines) is 1. The van der Waals surface area contributed by atoms with E-state index in [1.54, 1.807) is 0 Å². The van der Waals surface area contributed by atoms with Crippen LogP contribution in [0.2, 0.25) is 0 Å². The molecule has 2 aliphatic rings. The molecule has 0 spiro atoms. The van der Waals surface area contributed by atoms with Gasteiger partial charge in [-0.2, -0.15) is 0 Å². The van der Waals surface area contributed by atoms with Gasteiger partial charge in [0.05, 0.1) is 6.10 Å². The summed E-state index contributed by atoms with van der Waals surface area (Å²) in [6.07, 6.45) is 8.24. The maximum absolute atomic E-state index is 5.94. The van der Waals surface area contributed by atoms with Crippen molar-refractivity contribution in [2.24, 2.45) is 0 Å². The second-order valence-corrected chi connectivity index (χ2v) is 5.07. The maximum atomic E-state index is 5.94. The molecule has 0 bridgehead atoms. The third-order valence-corrected chi connectivity index (χ3v) is 4.03. The number of ether oxygens (including phenoxy) is 1. The molecule has 3 heteroatoms. The highest BCUT2D eigenvalue weighted by atomic mass is 35.5. The van der Waals surface area contributed by atoms with Crippen molar-refractivity contribution in [2.75, 3.05) is 25.6 Å². The fourth-order valence-corrected chi connectivity index (χ4v) is 3.11. The first-order valence-corrected chi connectivity index (χ1v) is 6.85. The van der Waals surface area contributed by atoms with E-state index in [2.05, 4.69) is 4.90 Å². The van der Waals surface area contributed by atoms with Gasteiger partial charge in [-0.05, 0) is 51.6 Å². The second kappa shape index (κ2) is 6.07. The van der Waals surface area contributed by atoms with Crippen LogP contribution < -0.4 is 0 Å². The van der Waals surface area contributed by atoms with Gasteiger partial charge in [-0.25, -0.2) is 0 Å². The molecule has 0 aliphatic carbocycles. The molecule has 15 heavy (non-hydrogen) atoms. The molecular formula is C12H22ClNO. The van der Waals surface area contributed by atoms with Gasteiger partial charge in [-0.15, -0.1) is 11.6 Å². The molecule has 0 aromatic carbocycles. The van der Waals surface area contributed by atoms with Crippen molar-refractivity contribution in [3.05, 3.63) is 0 Å². The van der Waals surface area contributed by atoms with E-state index in [-0.39, 0.29) is 0 Å². The number of alkyl halides is 1. The third kappa shape index (κ3) is 3.33. The number of rotatable bonds is 5. The lowest BCUT2D eigenvalue weighted by Crippen LogP contribution is -2.31. The van der Waals surface area contributed by atoms with Gasteiger partial charge in [0.15, 0.2) is 0 Å². The molecule has 88 valence electrons. The minimum absolute atomic E-state index is 0.557. The summed E-state index contributed by atoms with van der Waals surface area (Å²) in [4.78, 5) is 2.56. The topological polar surface area (TPSA) is 12.5 Å². The Hall–Kier alpha value is 0.210. The first-order valence-electron chi connectivity index (χ1n) is 6.32. The molecule has 0 N–H and O–H groups in total. The van der Waals surface area contributed by atoms with E-state index in [9.17, 15) is 0 Å². The van der Waals surface area contributed by atoms with Gasteiger partial charge in [0.2, 0.25) is 0 Å². The van der Waals surface area contributed by atoms with E-state index in [1.165, 1.54) is 51.6 Å². The fraction of sp³-hybridized carbons (Fsp3) is 1.00. The van der Waals surface area contributed by atoms with Crippen LogP contribution in [-0.2, 0) is 4.74 Å². The highest BCUT2D eigenvalue weighted by Gasteiger charge is 2.23. The van der Waals surface area contributed by atoms with Gasteiger partial charge in [-0.1, -0.05) is 0 Å². The number of nitrogens with zero attached hydrogens (tertiary/aromatic N) is 1. The molecule has 0 aromatic rings. The molecule has 2 atom stereocenters. The minimum atomic E-state index is 0.557.